The van der Waals surface area contributed by atoms with Crippen LogP contribution in [0.25, 0.3) is 11.4 Å². The lowest BCUT2D eigenvalue weighted by Gasteiger charge is -2.18. The highest BCUT2D eigenvalue weighted by Crippen LogP contribution is 2.35. The van der Waals surface area contributed by atoms with Crippen LogP contribution in [0, 0.1) is 12.3 Å². The van der Waals surface area contributed by atoms with Crippen molar-refractivity contribution in [3.63, 3.8) is 0 Å². The molecule has 0 saturated heterocycles. The fourth-order valence-electron chi connectivity index (χ4n) is 4.41. The molecule has 3 aromatic carbocycles. The number of phenols is 1. The summed E-state index contributed by atoms with van der Waals surface area (Å²) >= 11 is 6.17. The van der Waals surface area contributed by atoms with Crippen molar-refractivity contribution in [1.82, 2.24) is 14.9 Å². The molecule has 4 aromatic rings. The fraction of sp³-hybridized carbons (Fsp3) is 0.172. The molecule has 5 rings (SSSR count). The summed E-state index contributed by atoms with van der Waals surface area (Å²) in [5, 5.41) is 42.2. The van der Waals surface area contributed by atoms with Crippen molar-refractivity contribution in [2.75, 3.05) is 4.72 Å². The minimum Gasteiger partial charge on any atom is -0.506 e. The van der Waals surface area contributed by atoms with Gasteiger partial charge < -0.3 is 15.3 Å². The van der Waals surface area contributed by atoms with Crippen molar-refractivity contribution in [3.05, 3.63) is 82.1 Å². The van der Waals surface area contributed by atoms with Gasteiger partial charge in [-0.15, -0.1) is 10.2 Å². The van der Waals surface area contributed by atoms with Crippen LogP contribution < -0.4 is 4.72 Å². The summed E-state index contributed by atoms with van der Waals surface area (Å²) in [6.45, 7) is 7.58. The summed E-state index contributed by atoms with van der Waals surface area (Å²) < 4.78 is 30.2. The minimum atomic E-state index is -4.40. The maximum absolute atomic E-state index is 13.2. The van der Waals surface area contributed by atoms with Crippen molar-refractivity contribution in [3.8, 4) is 17.1 Å². The molecule has 0 atom stereocenters. The molecule has 0 radical (unpaired) electrons. The van der Waals surface area contributed by atoms with Gasteiger partial charge in [-0.3, -0.25) is 4.72 Å². The molecule has 0 spiro atoms. The number of carboxylic acid groups (broad SMARTS) is 2. The van der Waals surface area contributed by atoms with Gasteiger partial charge in [0.1, 0.15) is 11.5 Å². The zero-order valence-electron chi connectivity index (χ0n) is 23.7. The number of carboxylic acids is 2. The summed E-state index contributed by atoms with van der Waals surface area (Å²) in [4.78, 5) is 27.2. The molecule has 44 heavy (non-hydrogen) atoms. The Morgan fingerprint density at radius 1 is 0.955 bits per heavy atom. The number of aliphatic imine (C=N–C) groups is 1. The molecule has 0 aliphatic carbocycles. The molecular weight excluding hydrogens is 612 g/mol. The topological polar surface area (TPSA) is 196 Å². The standard InChI is InChI=1S/C29H25ClN6O7S/c1-14-8-19(13-21(30)23(14)37)31-22-24(29(2,3)4)34-36-25(32-33-26(22)36)15-6-5-7-18(10-15)35-44(42,43)20-11-16(27(38)39)9-17(12-20)28(40)41/h5-13,35,37H,1-4H3,(H,38,39)(H,40,41). The Hall–Kier alpha value is -5.08. The van der Waals surface area contributed by atoms with Gasteiger partial charge in [-0.05, 0) is 55.0 Å². The van der Waals surface area contributed by atoms with Gasteiger partial charge in [0.15, 0.2) is 5.82 Å². The number of aromatic carboxylic acids is 2. The van der Waals surface area contributed by atoms with Crippen LogP contribution in [0.1, 0.15) is 52.9 Å². The SMILES string of the molecule is Cc1cc(N=C2C(C(C)(C)C)=Nn3c2nnc3-c2cccc(NS(=O)(=O)c3cc(C(=O)O)cc(C(=O)O)c3)c2)cc(Cl)c1O. The van der Waals surface area contributed by atoms with Gasteiger partial charge in [0.25, 0.3) is 10.0 Å². The van der Waals surface area contributed by atoms with Gasteiger partial charge in [0, 0.05) is 16.7 Å². The number of nitrogens with zero attached hydrogens (tertiary/aromatic N) is 5. The van der Waals surface area contributed by atoms with Gasteiger partial charge in [0.05, 0.1) is 32.4 Å². The van der Waals surface area contributed by atoms with Crippen molar-refractivity contribution in [2.24, 2.45) is 15.5 Å². The van der Waals surface area contributed by atoms with E-state index in [1.165, 1.54) is 22.9 Å². The van der Waals surface area contributed by atoms with Crippen molar-refractivity contribution in [1.29, 1.82) is 0 Å². The highest BCUT2D eigenvalue weighted by atomic mass is 35.5. The molecule has 2 heterocycles. The third kappa shape index (κ3) is 5.76. The number of aromatic nitrogens is 3. The average molecular weight is 637 g/mol. The zero-order valence-corrected chi connectivity index (χ0v) is 25.3. The molecule has 0 bridgehead atoms. The van der Waals surface area contributed by atoms with E-state index in [1.807, 2.05) is 20.8 Å². The number of carbonyl (C=O) groups is 2. The predicted molar refractivity (Wildman–Crippen MR) is 163 cm³/mol. The van der Waals surface area contributed by atoms with Crippen molar-refractivity contribution in [2.45, 2.75) is 32.6 Å². The van der Waals surface area contributed by atoms with E-state index in [9.17, 15) is 33.3 Å². The van der Waals surface area contributed by atoms with Crippen LogP contribution in [0.2, 0.25) is 5.02 Å². The number of aromatic hydroxyl groups is 1. The number of aryl methyl sites for hydroxylation is 1. The van der Waals surface area contributed by atoms with Crippen LogP contribution >= 0.6 is 11.6 Å². The van der Waals surface area contributed by atoms with Crippen LogP contribution in [0.15, 0.2) is 69.6 Å². The number of sulfonamides is 1. The van der Waals surface area contributed by atoms with Crippen LogP contribution in [-0.4, -0.2) is 62.0 Å². The van der Waals surface area contributed by atoms with E-state index < -0.39 is 43.4 Å². The van der Waals surface area contributed by atoms with E-state index >= 15 is 0 Å². The molecule has 1 aliphatic heterocycles. The number of halogens is 1. The molecule has 1 aromatic heterocycles. The summed E-state index contributed by atoms with van der Waals surface area (Å²) in [6.07, 6.45) is 0. The normalized spacial score (nSPS) is 13.9. The first-order valence-corrected chi connectivity index (χ1v) is 14.8. The Bertz CT molecular complexity index is 1990. The molecule has 0 unspecified atom stereocenters. The monoisotopic (exact) mass is 636 g/mol. The lowest BCUT2D eigenvalue weighted by molar-refractivity contribution is 0.0696. The van der Waals surface area contributed by atoms with Gasteiger partial charge in [-0.2, -0.15) is 9.78 Å². The molecule has 15 heteroatoms. The molecule has 226 valence electrons. The van der Waals surface area contributed by atoms with Crippen molar-refractivity contribution >= 4 is 56.4 Å². The summed E-state index contributed by atoms with van der Waals surface area (Å²) in [6, 6.07) is 12.0. The molecule has 0 saturated carbocycles. The Morgan fingerprint density at radius 2 is 1.59 bits per heavy atom. The zero-order chi connectivity index (χ0) is 32.1. The quantitative estimate of drug-likeness (QED) is 0.211. The third-order valence-electron chi connectivity index (χ3n) is 6.55. The first-order valence-electron chi connectivity index (χ1n) is 12.9. The minimum absolute atomic E-state index is 0.0374. The van der Waals surface area contributed by atoms with E-state index in [2.05, 4.69) is 14.9 Å². The first-order chi connectivity index (χ1) is 20.5. The second-order valence-corrected chi connectivity index (χ2v) is 13.0. The number of benzene rings is 3. The molecule has 0 amide bonds. The number of anilines is 1. The van der Waals surface area contributed by atoms with Crippen LogP contribution in [-0.2, 0) is 10.0 Å². The Morgan fingerprint density at radius 3 is 2.18 bits per heavy atom. The molecule has 4 N–H and O–H groups in total. The van der Waals surface area contributed by atoms with Crippen molar-refractivity contribution < 1.29 is 33.3 Å². The first kappa shape index (κ1) is 30.4. The number of rotatable bonds is 7. The summed E-state index contributed by atoms with van der Waals surface area (Å²) in [7, 11) is -4.40. The molecule has 1 aliphatic rings. The maximum Gasteiger partial charge on any atom is 0.335 e. The lowest BCUT2D eigenvalue weighted by Crippen LogP contribution is -2.27. The number of phenolic OH excluding ortho intramolecular Hbond substituents is 1. The molecule has 13 nitrogen and oxygen atoms in total. The van der Waals surface area contributed by atoms with Gasteiger partial charge in [-0.1, -0.05) is 44.5 Å². The predicted octanol–water partition coefficient (Wildman–Crippen LogP) is 5.19. The second kappa shape index (κ2) is 10.9. The van der Waals surface area contributed by atoms with E-state index in [-0.39, 0.29) is 22.3 Å². The van der Waals surface area contributed by atoms with Crippen LogP contribution in [0.3, 0.4) is 0 Å². The fourth-order valence-corrected chi connectivity index (χ4v) is 5.79. The smallest absolute Gasteiger partial charge is 0.335 e. The Balaban J connectivity index is 1.54. The largest absolute Gasteiger partial charge is 0.506 e. The lowest BCUT2D eigenvalue weighted by atomic mass is 9.87. The molecular formula is C29H25ClN6O7S. The van der Waals surface area contributed by atoms with Gasteiger partial charge >= 0.3 is 11.9 Å². The van der Waals surface area contributed by atoms with E-state index in [0.29, 0.717) is 34.1 Å². The average Bonchev–Trinajstić information content (AvgIpc) is 3.51. The summed E-state index contributed by atoms with van der Waals surface area (Å²) in [5.74, 6) is -2.37. The van der Waals surface area contributed by atoms with E-state index in [0.717, 1.165) is 18.2 Å². The van der Waals surface area contributed by atoms with Gasteiger partial charge in [0.2, 0.25) is 5.82 Å². The summed E-state index contributed by atoms with van der Waals surface area (Å²) in [5.41, 5.74) is 1.15. The van der Waals surface area contributed by atoms with Gasteiger partial charge in [-0.25, -0.2) is 23.0 Å². The number of hydrogen-bond donors (Lipinski definition) is 4. The molecule has 0 fully saturated rings. The number of fused-ring (bicyclic) bond motifs is 1. The Labute approximate surface area is 256 Å². The van der Waals surface area contributed by atoms with Crippen LogP contribution in [0.4, 0.5) is 11.4 Å². The van der Waals surface area contributed by atoms with E-state index in [1.54, 1.807) is 25.1 Å². The highest BCUT2D eigenvalue weighted by Gasteiger charge is 2.35. The highest BCUT2D eigenvalue weighted by molar-refractivity contribution is 7.92. The van der Waals surface area contributed by atoms with E-state index in [4.69, 9.17) is 21.7 Å². The number of hydrogen-bond acceptors (Lipinski definition) is 9. The number of nitrogens with one attached hydrogen (secondary N) is 1. The second-order valence-electron chi connectivity index (χ2n) is 11.0. The Kier molecular flexibility index (Phi) is 7.51. The third-order valence-corrected chi connectivity index (χ3v) is 8.20. The van der Waals surface area contributed by atoms with Crippen LogP contribution in [0.5, 0.6) is 5.75 Å². The maximum atomic E-state index is 13.2.